The molecule has 2 N–H and O–H groups in total. The molecule has 0 aromatic carbocycles. The van der Waals surface area contributed by atoms with Crippen molar-refractivity contribution in [2.45, 2.75) is 19.8 Å². The van der Waals surface area contributed by atoms with Gasteiger partial charge in [0.2, 0.25) is 0 Å². The summed E-state index contributed by atoms with van der Waals surface area (Å²) < 4.78 is 11.5. The van der Waals surface area contributed by atoms with Gasteiger partial charge in [0.05, 0.1) is 0 Å². The third-order valence-corrected chi connectivity index (χ3v) is 5.44. The van der Waals surface area contributed by atoms with Crippen LogP contribution in [-0.4, -0.2) is 22.2 Å². The predicted molar refractivity (Wildman–Crippen MR) is 68.5 cm³/mol. The Bertz CT molecular complexity index is 348. The number of aromatic nitrogens is 1. The molecule has 16 heavy (non-hydrogen) atoms. The Morgan fingerprint density at radius 1 is 1.56 bits per heavy atom. The van der Waals surface area contributed by atoms with E-state index < -0.39 is 6.72 Å². The molecule has 0 aliphatic heterocycles. The van der Waals surface area contributed by atoms with Gasteiger partial charge in [-0.2, -0.15) is 0 Å². The predicted octanol–water partition coefficient (Wildman–Crippen LogP) is 2.46. The molecule has 1 rings (SSSR count). The van der Waals surface area contributed by atoms with Gasteiger partial charge in [-0.3, -0.25) is 9.55 Å². The fourth-order valence-electron chi connectivity index (χ4n) is 1.13. The summed E-state index contributed by atoms with van der Waals surface area (Å²) in [6, 6.07) is 5.67. The van der Waals surface area contributed by atoms with E-state index >= 15 is 0 Å². The van der Waals surface area contributed by atoms with Gasteiger partial charge in [-0.05, 0) is 18.6 Å². The Hall–Kier alpha value is -0.350. The highest BCUT2D eigenvalue weighted by Gasteiger charge is 2.16. The van der Waals surface area contributed by atoms with E-state index in [1.54, 1.807) is 6.20 Å². The Morgan fingerprint density at radius 2 is 2.38 bits per heavy atom. The lowest BCUT2D eigenvalue weighted by Crippen LogP contribution is -2.13. The molecule has 0 aliphatic carbocycles. The Labute approximate surface area is 100 Å². The first-order valence-electron chi connectivity index (χ1n) is 5.26. The number of hydrogen-bond donors (Lipinski definition) is 2. The molecule has 6 heteroatoms. The van der Waals surface area contributed by atoms with Crippen LogP contribution in [0, 0.1) is 0 Å². The van der Waals surface area contributed by atoms with Crippen LogP contribution in [0.1, 0.15) is 19.0 Å². The zero-order valence-electron chi connectivity index (χ0n) is 9.30. The number of pyridine rings is 1. The van der Waals surface area contributed by atoms with Crippen molar-refractivity contribution >= 4 is 18.1 Å². The maximum atomic E-state index is 11.5. The van der Waals surface area contributed by atoms with Gasteiger partial charge in [-0.25, -0.2) is 5.09 Å². The van der Waals surface area contributed by atoms with Gasteiger partial charge in [-0.1, -0.05) is 24.4 Å². The summed E-state index contributed by atoms with van der Waals surface area (Å²) in [5, 5.41) is 2.68. The molecule has 1 heterocycles. The van der Waals surface area contributed by atoms with Crippen molar-refractivity contribution in [3.05, 3.63) is 30.1 Å². The first-order valence-corrected chi connectivity index (χ1v) is 8.51. The first-order chi connectivity index (χ1) is 7.64. The first kappa shape index (κ1) is 13.7. The zero-order valence-corrected chi connectivity index (χ0v) is 11.0. The molecule has 1 unspecified atom stereocenters. The third kappa shape index (κ3) is 5.66. The highest BCUT2D eigenvalue weighted by molar-refractivity contribution is 8.55. The molecular weight excluding hydrogens is 243 g/mol. The number of hydrogen-bond acceptors (Lipinski definition) is 3. The van der Waals surface area contributed by atoms with Gasteiger partial charge >= 0.3 is 6.72 Å². The van der Waals surface area contributed by atoms with Crippen molar-refractivity contribution in [3.63, 3.8) is 0 Å². The second-order valence-electron chi connectivity index (χ2n) is 3.33. The summed E-state index contributed by atoms with van der Waals surface area (Å²) in [5.41, 5.74) is 0.926. The largest absolute Gasteiger partial charge is 0.326 e. The lowest BCUT2D eigenvalue weighted by atomic mass is 10.3. The van der Waals surface area contributed by atoms with Crippen molar-refractivity contribution in [1.82, 2.24) is 10.1 Å². The van der Waals surface area contributed by atoms with Gasteiger partial charge < -0.3 is 4.89 Å². The molecule has 4 nitrogen and oxygen atoms in total. The lowest BCUT2D eigenvalue weighted by molar-refractivity contribution is 0.483. The fourth-order valence-corrected chi connectivity index (χ4v) is 3.89. The van der Waals surface area contributed by atoms with E-state index in [2.05, 4.69) is 10.1 Å². The molecule has 0 bridgehead atoms. The second kappa shape index (κ2) is 7.07. The molecule has 0 amide bonds. The minimum Gasteiger partial charge on any atom is -0.326 e. The molecule has 0 radical (unpaired) electrons. The SMILES string of the molecule is CCCSP(=O)(O)NCCc1ccccn1. The van der Waals surface area contributed by atoms with Crippen LogP contribution in [0.4, 0.5) is 0 Å². The van der Waals surface area contributed by atoms with E-state index in [1.165, 1.54) is 0 Å². The molecule has 0 aliphatic rings. The highest BCUT2D eigenvalue weighted by Crippen LogP contribution is 2.50. The number of nitrogens with one attached hydrogen (secondary N) is 1. The lowest BCUT2D eigenvalue weighted by Gasteiger charge is -2.11. The average Bonchev–Trinajstić information content (AvgIpc) is 2.28. The van der Waals surface area contributed by atoms with E-state index in [0.29, 0.717) is 18.7 Å². The van der Waals surface area contributed by atoms with Crippen molar-refractivity contribution in [2.75, 3.05) is 12.3 Å². The van der Waals surface area contributed by atoms with E-state index in [0.717, 1.165) is 23.5 Å². The van der Waals surface area contributed by atoms with Crippen molar-refractivity contribution < 1.29 is 9.46 Å². The smallest absolute Gasteiger partial charge is 0.323 e. The van der Waals surface area contributed by atoms with E-state index in [1.807, 2.05) is 25.1 Å². The molecule has 1 aromatic heterocycles. The van der Waals surface area contributed by atoms with Crippen LogP contribution in [0.5, 0.6) is 0 Å². The van der Waals surface area contributed by atoms with Crippen LogP contribution in [0.2, 0.25) is 0 Å². The molecule has 0 spiro atoms. The monoisotopic (exact) mass is 260 g/mol. The fraction of sp³-hybridized carbons (Fsp3) is 0.500. The Morgan fingerprint density at radius 3 is 3.00 bits per heavy atom. The van der Waals surface area contributed by atoms with Gasteiger partial charge in [0.15, 0.2) is 0 Å². The third-order valence-electron chi connectivity index (χ3n) is 1.89. The summed E-state index contributed by atoms with van der Waals surface area (Å²) in [6.45, 7) is -0.746. The molecule has 0 fully saturated rings. The van der Waals surface area contributed by atoms with Gasteiger partial charge in [0.1, 0.15) is 0 Å². The topological polar surface area (TPSA) is 62.2 Å². The van der Waals surface area contributed by atoms with Crippen molar-refractivity contribution in [3.8, 4) is 0 Å². The van der Waals surface area contributed by atoms with Gasteiger partial charge in [0, 0.05) is 30.6 Å². The number of nitrogens with zero attached hydrogens (tertiary/aromatic N) is 1. The summed E-state index contributed by atoms with van der Waals surface area (Å²) in [4.78, 5) is 13.7. The molecule has 1 aromatic rings. The summed E-state index contributed by atoms with van der Waals surface area (Å²) in [6.07, 6.45) is 3.29. The molecular formula is C10H17N2O2PS. The van der Waals surface area contributed by atoms with Gasteiger partial charge in [0.25, 0.3) is 0 Å². The minimum atomic E-state index is -3.21. The standard InChI is InChI=1S/C10H17N2O2PS/c1-2-9-16-15(13,14)12-8-6-10-5-3-4-7-11-10/h3-5,7H,2,6,8-9H2,1H3,(H2,12,13,14). The van der Waals surface area contributed by atoms with Crippen LogP contribution in [0.3, 0.4) is 0 Å². The normalized spacial score (nSPS) is 14.6. The second-order valence-corrected chi connectivity index (χ2v) is 7.62. The Kier molecular flexibility index (Phi) is 6.06. The summed E-state index contributed by atoms with van der Waals surface area (Å²) in [5.74, 6) is 0.699. The van der Waals surface area contributed by atoms with E-state index in [9.17, 15) is 9.46 Å². The van der Waals surface area contributed by atoms with E-state index in [-0.39, 0.29) is 0 Å². The Balaban J connectivity index is 2.27. The zero-order chi connectivity index (χ0) is 11.9. The highest BCUT2D eigenvalue weighted by atomic mass is 32.7. The molecule has 0 saturated carbocycles. The van der Waals surface area contributed by atoms with Crippen LogP contribution in [-0.2, 0) is 11.0 Å². The van der Waals surface area contributed by atoms with Crippen molar-refractivity contribution in [1.29, 1.82) is 0 Å². The summed E-state index contributed by atoms with van der Waals surface area (Å²) >= 11 is 1.09. The molecule has 1 atom stereocenters. The quantitative estimate of drug-likeness (QED) is 0.737. The maximum Gasteiger partial charge on any atom is 0.323 e. The maximum absolute atomic E-state index is 11.5. The van der Waals surface area contributed by atoms with Crippen molar-refractivity contribution in [2.24, 2.45) is 0 Å². The average molecular weight is 260 g/mol. The minimum absolute atomic E-state index is 0.474. The van der Waals surface area contributed by atoms with Crippen LogP contribution in [0.25, 0.3) is 0 Å². The molecule has 90 valence electrons. The van der Waals surface area contributed by atoms with Gasteiger partial charge in [-0.15, -0.1) is 0 Å². The van der Waals surface area contributed by atoms with E-state index in [4.69, 9.17) is 0 Å². The van der Waals surface area contributed by atoms with Crippen LogP contribution < -0.4 is 5.09 Å². The molecule has 0 saturated heterocycles. The van der Waals surface area contributed by atoms with Crippen LogP contribution in [0.15, 0.2) is 24.4 Å². The number of rotatable bonds is 7. The summed E-state index contributed by atoms with van der Waals surface area (Å²) in [7, 11) is 0. The van der Waals surface area contributed by atoms with Crippen LogP contribution >= 0.6 is 18.1 Å².